The van der Waals surface area contributed by atoms with Gasteiger partial charge in [-0.3, -0.25) is 9.20 Å². The second-order valence-electron chi connectivity index (χ2n) is 5.61. The number of thiazole rings is 1. The fourth-order valence-corrected chi connectivity index (χ4v) is 3.53. The number of carbonyl (C=O) groups is 1. The molecule has 0 aliphatic carbocycles. The Hall–Kier alpha value is -1.40. The molecule has 2 unspecified atom stereocenters. The van der Waals surface area contributed by atoms with Gasteiger partial charge in [0.2, 0.25) is 5.91 Å². The molecule has 2 aromatic rings. The van der Waals surface area contributed by atoms with Crippen molar-refractivity contribution in [2.75, 3.05) is 13.1 Å². The van der Waals surface area contributed by atoms with Crippen LogP contribution in [-0.4, -0.2) is 44.5 Å². The number of amides is 1. The summed E-state index contributed by atoms with van der Waals surface area (Å²) in [7, 11) is 0. The first kappa shape index (κ1) is 13.6. The van der Waals surface area contributed by atoms with Crippen molar-refractivity contribution < 1.29 is 9.90 Å². The molecule has 1 amide bonds. The van der Waals surface area contributed by atoms with Gasteiger partial charge in [-0.15, -0.1) is 11.3 Å². The van der Waals surface area contributed by atoms with Crippen LogP contribution >= 0.6 is 11.3 Å². The number of aryl methyl sites for hydroxylation is 1. The summed E-state index contributed by atoms with van der Waals surface area (Å²) in [5.41, 5.74) is 1.94. The maximum Gasteiger partial charge on any atom is 0.228 e. The summed E-state index contributed by atoms with van der Waals surface area (Å²) < 4.78 is 1.99. The van der Waals surface area contributed by atoms with Gasteiger partial charge in [0.1, 0.15) is 0 Å². The van der Waals surface area contributed by atoms with Gasteiger partial charge in [-0.05, 0) is 19.3 Å². The number of hydrogen-bond donors (Lipinski definition) is 1. The molecule has 2 atom stereocenters. The highest BCUT2D eigenvalue weighted by Crippen LogP contribution is 2.20. The van der Waals surface area contributed by atoms with Gasteiger partial charge in [0, 0.05) is 30.4 Å². The molecule has 1 N–H and O–H groups in total. The molecule has 3 rings (SSSR count). The molecule has 1 aliphatic rings. The lowest BCUT2D eigenvalue weighted by Gasteiger charge is -2.34. The van der Waals surface area contributed by atoms with E-state index in [4.69, 9.17) is 0 Å². The maximum absolute atomic E-state index is 12.4. The molecule has 2 aromatic heterocycles. The predicted molar refractivity (Wildman–Crippen MR) is 77.9 cm³/mol. The number of fused-ring (bicyclic) bond motifs is 1. The molecule has 0 radical (unpaired) electrons. The van der Waals surface area contributed by atoms with Gasteiger partial charge >= 0.3 is 0 Å². The van der Waals surface area contributed by atoms with Crippen molar-refractivity contribution in [1.82, 2.24) is 14.3 Å². The van der Waals surface area contributed by atoms with Crippen molar-refractivity contribution in [3.63, 3.8) is 0 Å². The van der Waals surface area contributed by atoms with Gasteiger partial charge in [-0.25, -0.2) is 4.98 Å². The van der Waals surface area contributed by atoms with Crippen LogP contribution in [-0.2, 0) is 11.2 Å². The van der Waals surface area contributed by atoms with Crippen molar-refractivity contribution in [2.45, 2.75) is 32.8 Å². The number of nitrogens with zero attached hydrogens (tertiary/aromatic N) is 3. The summed E-state index contributed by atoms with van der Waals surface area (Å²) in [5.74, 6) is 0.366. The molecule has 108 valence electrons. The van der Waals surface area contributed by atoms with Crippen LogP contribution in [0.5, 0.6) is 0 Å². The van der Waals surface area contributed by atoms with Crippen molar-refractivity contribution >= 4 is 22.2 Å². The van der Waals surface area contributed by atoms with E-state index in [-0.39, 0.29) is 11.8 Å². The highest BCUT2D eigenvalue weighted by atomic mass is 32.1. The summed E-state index contributed by atoms with van der Waals surface area (Å²) in [6.07, 6.45) is 2.81. The Kier molecular flexibility index (Phi) is 3.52. The van der Waals surface area contributed by atoms with Crippen LogP contribution in [0.4, 0.5) is 0 Å². The monoisotopic (exact) mass is 293 g/mol. The maximum atomic E-state index is 12.4. The van der Waals surface area contributed by atoms with Gasteiger partial charge in [0.05, 0.1) is 18.2 Å². The first-order valence-corrected chi connectivity index (χ1v) is 7.80. The van der Waals surface area contributed by atoms with Crippen molar-refractivity contribution in [1.29, 1.82) is 0 Å². The van der Waals surface area contributed by atoms with Crippen LogP contribution in [0.1, 0.15) is 24.7 Å². The van der Waals surface area contributed by atoms with Gasteiger partial charge < -0.3 is 10.0 Å². The largest absolute Gasteiger partial charge is 0.391 e. The first-order valence-electron chi connectivity index (χ1n) is 6.92. The highest BCUT2D eigenvalue weighted by molar-refractivity contribution is 7.15. The van der Waals surface area contributed by atoms with Crippen LogP contribution < -0.4 is 0 Å². The SMILES string of the molecule is Cc1cn2c(CC(=O)N3CCC(C)C(O)C3)csc2n1. The van der Waals surface area contributed by atoms with Crippen molar-refractivity contribution in [2.24, 2.45) is 5.92 Å². The molecule has 20 heavy (non-hydrogen) atoms. The van der Waals surface area contributed by atoms with E-state index < -0.39 is 6.10 Å². The van der Waals surface area contributed by atoms with E-state index in [2.05, 4.69) is 4.98 Å². The smallest absolute Gasteiger partial charge is 0.228 e. The third kappa shape index (κ3) is 2.45. The van der Waals surface area contributed by atoms with Crippen molar-refractivity contribution in [3.8, 4) is 0 Å². The summed E-state index contributed by atoms with van der Waals surface area (Å²) in [5, 5.41) is 11.9. The molecule has 5 nitrogen and oxygen atoms in total. The number of piperidine rings is 1. The Morgan fingerprint density at radius 3 is 3.15 bits per heavy atom. The van der Waals surface area contributed by atoms with E-state index in [0.29, 0.717) is 13.0 Å². The lowest BCUT2D eigenvalue weighted by molar-refractivity contribution is -0.134. The van der Waals surface area contributed by atoms with Crippen LogP contribution in [0.25, 0.3) is 4.96 Å². The van der Waals surface area contributed by atoms with Crippen LogP contribution in [0.2, 0.25) is 0 Å². The Labute approximate surface area is 121 Å². The van der Waals surface area contributed by atoms with Gasteiger partial charge in [0.15, 0.2) is 4.96 Å². The van der Waals surface area contributed by atoms with Crippen LogP contribution in [0.3, 0.4) is 0 Å². The molecular formula is C14H19N3O2S. The molecule has 0 spiro atoms. The average molecular weight is 293 g/mol. The molecule has 0 bridgehead atoms. The molecule has 0 aromatic carbocycles. The number of carbonyl (C=O) groups excluding carboxylic acids is 1. The number of likely N-dealkylation sites (tertiary alicyclic amines) is 1. The second kappa shape index (κ2) is 5.18. The summed E-state index contributed by atoms with van der Waals surface area (Å²) in [6.45, 7) is 5.18. The van der Waals surface area contributed by atoms with E-state index in [1.54, 1.807) is 16.2 Å². The molecule has 1 fully saturated rings. The molecular weight excluding hydrogens is 274 g/mol. The molecule has 3 heterocycles. The minimum Gasteiger partial charge on any atom is -0.391 e. The number of β-amino-alcohol motifs (C(OH)–C–C–N with tert-alkyl or cyclic N) is 1. The fraction of sp³-hybridized carbons (Fsp3) is 0.571. The van der Waals surface area contributed by atoms with Gasteiger partial charge in [-0.1, -0.05) is 6.92 Å². The Morgan fingerprint density at radius 2 is 2.40 bits per heavy atom. The van der Waals surface area contributed by atoms with Crippen molar-refractivity contribution in [3.05, 3.63) is 23.0 Å². The molecule has 0 saturated carbocycles. The number of aromatic nitrogens is 2. The summed E-state index contributed by atoms with van der Waals surface area (Å²) in [6, 6.07) is 0. The fourth-order valence-electron chi connectivity index (χ4n) is 2.61. The summed E-state index contributed by atoms with van der Waals surface area (Å²) in [4.78, 5) is 19.5. The predicted octanol–water partition coefficient (Wildman–Crippen LogP) is 1.48. The third-order valence-electron chi connectivity index (χ3n) is 4.01. The lowest BCUT2D eigenvalue weighted by atomic mass is 9.96. The zero-order valence-corrected chi connectivity index (χ0v) is 12.6. The molecule has 1 saturated heterocycles. The molecule has 1 aliphatic heterocycles. The zero-order valence-electron chi connectivity index (χ0n) is 11.7. The third-order valence-corrected chi connectivity index (χ3v) is 4.90. The second-order valence-corrected chi connectivity index (χ2v) is 6.45. The average Bonchev–Trinajstić information content (AvgIpc) is 2.93. The summed E-state index contributed by atoms with van der Waals surface area (Å²) >= 11 is 1.56. The molecule has 6 heteroatoms. The van der Waals surface area contributed by atoms with E-state index >= 15 is 0 Å². The standard InChI is InChI=1S/C14H19N3O2S/c1-9-3-4-16(7-12(9)18)13(19)5-11-8-20-14-15-10(2)6-17(11)14/h6,8-9,12,18H,3-5,7H2,1-2H3. The number of aliphatic hydroxyl groups is 1. The minimum atomic E-state index is -0.398. The number of rotatable bonds is 2. The Balaban J connectivity index is 1.72. The Bertz CT molecular complexity index is 633. The van der Waals surface area contributed by atoms with E-state index in [9.17, 15) is 9.90 Å². The number of imidazole rings is 1. The number of hydrogen-bond acceptors (Lipinski definition) is 4. The quantitative estimate of drug-likeness (QED) is 0.912. The van der Waals surface area contributed by atoms with E-state index in [1.165, 1.54) is 0 Å². The minimum absolute atomic E-state index is 0.0852. The highest BCUT2D eigenvalue weighted by Gasteiger charge is 2.27. The van der Waals surface area contributed by atoms with Gasteiger partial charge in [-0.2, -0.15) is 0 Å². The topological polar surface area (TPSA) is 57.8 Å². The van der Waals surface area contributed by atoms with Gasteiger partial charge in [0.25, 0.3) is 0 Å². The van der Waals surface area contributed by atoms with Crippen LogP contribution in [0, 0.1) is 12.8 Å². The normalized spacial score (nSPS) is 23.4. The lowest BCUT2D eigenvalue weighted by Crippen LogP contribution is -2.46. The zero-order chi connectivity index (χ0) is 14.3. The van der Waals surface area contributed by atoms with E-state index in [0.717, 1.165) is 29.3 Å². The first-order chi connectivity index (χ1) is 9.54. The van der Waals surface area contributed by atoms with E-state index in [1.807, 2.05) is 29.8 Å². The Morgan fingerprint density at radius 1 is 1.60 bits per heavy atom. The number of aliphatic hydroxyl groups excluding tert-OH is 1. The van der Waals surface area contributed by atoms with Crippen LogP contribution in [0.15, 0.2) is 11.6 Å².